The zero-order valence-electron chi connectivity index (χ0n) is 13.8. The molecule has 0 aromatic heterocycles. The van der Waals surface area contributed by atoms with Gasteiger partial charge in [-0.3, -0.25) is 4.99 Å². The number of aryl methyl sites for hydroxylation is 1. The predicted molar refractivity (Wildman–Crippen MR) is 96.8 cm³/mol. The van der Waals surface area contributed by atoms with E-state index >= 15 is 0 Å². The van der Waals surface area contributed by atoms with Crippen molar-refractivity contribution in [2.24, 2.45) is 4.99 Å². The second-order valence-electron chi connectivity index (χ2n) is 5.21. The Bertz CT molecular complexity index is 666. The van der Waals surface area contributed by atoms with E-state index < -0.39 is 0 Å². The molecule has 0 saturated carbocycles. The summed E-state index contributed by atoms with van der Waals surface area (Å²) in [5, 5.41) is 0.537. The van der Waals surface area contributed by atoms with Crippen molar-refractivity contribution in [3.63, 3.8) is 0 Å². The van der Waals surface area contributed by atoms with Gasteiger partial charge in [-0.15, -0.1) is 0 Å². The van der Waals surface area contributed by atoms with Crippen molar-refractivity contribution in [2.75, 3.05) is 13.2 Å². The van der Waals surface area contributed by atoms with Crippen LogP contribution >= 0.6 is 11.6 Å². The van der Waals surface area contributed by atoms with Crippen LogP contribution in [-0.4, -0.2) is 19.4 Å². The lowest BCUT2D eigenvalue weighted by Crippen LogP contribution is -2.01. The summed E-state index contributed by atoms with van der Waals surface area (Å²) in [5.74, 6) is 1.25. The molecule has 2 aromatic carbocycles. The maximum atomic E-state index is 6.34. The SMILES string of the molecule is CCCOc1c(Cl)cc(C=Nc2ccc(C)cc2)cc1OCC. The van der Waals surface area contributed by atoms with Gasteiger partial charge in [0.05, 0.1) is 23.9 Å². The van der Waals surface area contributed by atoms with Crippen LogP contribution in [0.15, 0.2) is 41.4 Å². The molecule has 0 bridgehead atoms. The van der Waals surface area contributed by atoms with Gasteiger partial charge in [0, 0.05) is 6.21 Å². The highest BCUT2D eigenvalue weighted by molar-refractivity contribution is 6.32. The van der Waals surface area contributed by atoms with Crippen LogP contribution in [-0.2, 0) is 0 Å². The summed E-state index contributed by atoms with van der Waals surface area (Å²) in [4.78, 5) is 4.47. The zero-order valence-corrected chi connectivity index (χ0v) is 14.6. The Labute approximate surface area is 142 Å². The topological polar surface area (TPSA) is 30.8 Å². The molecule has 0 aliphatic heterocycles. The first-order valence-corrected chi connectivity index (χ1v) is 8.21. The van der Waals surface area contributed by atoms with Crippen LogP contribution in [0.1, 0.15) is 31.4 Å². The molecule has 23 heavy (non-hydrogen) atoms. The lowest BCUT2D eigenvalue weighted by Gasteiger charge is -2.13. The van der Waals surface area contributed by atoms with E-state index in [2.05, 4.69) is 18.8 Å². The molecule has 0 amide bonds. The normalized spacial score (nSPS) is 11.0. The second kappa shape index (κ2) is 8.59. The van der Waals surface area contributed by atoms with E-state index in [1.54, 1.807) is 6.21 Å². The standard InChI is InChI=1S/C19H22ClNO2/c1-4-10-23-19-17(20)11-15(12-18(19)22-5-2)13-21-16-8-6-14(3)7-9-16/h6-9,11-13H,4-5,10H2,1-3H3. The van der Waals surface area contributed by atoms with Gasteiger partial charge in [0.2, 0.25) is 0 Å². The summed E-state index contributed by atoms with van der Waals surface area (Å²) in [6.45, 7) is 7.20. The summed E-state index contributed by atoms with van der Waals surface area (Å²) < 4.78 is 11.4. The number of nitrogens with zero attached hydrogens (tertiary/aromatic N) is 1. The number of halogens is 1. The van der Waals surface area contributed by atoms with Crippen molar-refractivity contribution in [3.8, 4) is 11.5 Å². The van der Waals surface area contributed by atoms with E-state index in [1.807, 2.05) is 43.3 Å². The van der Waals surface area contributed by atoms with Gasteiger partial charge in [0.25, 0.3) is 0 Å². The van der Waals surface area contributed by atoms with Crippen molar-refractivity contribution < 1.29 is 9.47 Å². The molecule has 0 radical (unpaired) electrons. The predicted octanol–water partition coefficient (Wildman–Crippen LogP) is 5.59. The van der Waals surface area contributed by atoms with Crippen molar-refractivity contribution in [1.82, 2.24) is 0 Å². The molecule has 3 nitrogen and oxygen atoms in total. The van der Waals surface area contributed by atoms with Gasteiger partial charge in [-0.25, -0.2) is 0 Å². The van der Waals surface area contributed by atoms with Gasteiger partial charge in [-0.1, -0.05) is 36.2 Å². The van der Waals surface area contributed by atoms with Crippen molar-refractivity contribution >= 4 is 23.5 Å². The molecule has 0 N–H and O–H groups in total. The third kappa shape index (κ3) is 5.00. The van der Waals surface area contributed by atoms with Crippen molar-refractivity contribution in [2.45, 2.75) is 27.2 Å². The van der Waals surface area contributed by atoms with Crippen LogP contribution in [0.3, 0.4) is 0 Å². The van der Waals surface area contributed by atoms with Crippen LogP contribution in [0.25, 0.3) is 0 Å². The minimum absolute atomic E-state index is 0.537. The Hall–Kier alpha value is -2.00. The number of benzene rings is 2. The summed E-state index contributed by atoms with van der Waals surface area (Å²) in [7, 11) is 0. The van der Waals surface area contributed by atoms with Crippen LogP contribution in [0, 0.1) is 6.92 Å². The summed E-state index contributed by atoms with van der Waals surface area (Å²) in [6, 6.07) is 11.8. The molecule has 0 atom stereocenters. The first kappa shape index (κ1) is 17.4. The minimum atomic E-state index is 0.537. The monoisotopic (exact) mass is 331 g/mol. The van der Waals surface area contributed by atoms with Crippen LogP contribution < -0.4 is 9.47 Å². The number of ether oxygens (including phenoxy) is 2. The Balaban J connectivity index is 2.26. The average molecular weight is 332 g/mol. The number of rotatable bonds is 7. The van der Waals surface area contributed by atoms with Crippen LogP contribution in [0.2, 0.25) is 5.02 Å². The Kier molecular flexibility index (Phi) is 6.48. The average Bonchev–Trinajstić information content (AvgIpc) is 2.54. The van der Waals surface area contributed by atoms with Gasteiger partial charge < -0.3 is 9.47 Å². The van der Waals surface area contributed by atoms with E-state index in [-0.39, 0.29) is 0 Å². The highest BCUT2D eigenvalue weighted by atomic mass is 35.5. The number of aliphatic imine (C=N–C) groups is 1. The molecule has 122 valence electrons. The molecule has 0 aliphatic rings. The Morgan fingerprint density at radius 3 is 2.48 bits per heavy atom. The van der Waals surface area contributed by atoms with Gasteiger partial charge in [0.1, 0.15) is 0 Å². The van der Waals surface area contributed by atoms with Crippen molar-refractivity contribution in [3.05, 3.63) is 52.5 Å². The van der Waals surface area contributed by atoms with Crippen LogP contribution in [0.5, 0.6) is 11.5 Å². The van der Waals surface area contributed by atoms with E-state index in [0.29, 0.717) is 29.7 Å². The molecule has 0 heterocycles. The van der Waals surface area contributed by atoms with Crippen LogP contribution in [0.4, 0.5) is 5.69 Å². The lowest BCUT2D eigenvalue weighted by atomic mass is 10.2. The van der Waals surface area contributed by atoms with Crippen molar-refractivity contribution in [1.29, 1.82) is 0 Å². The fraction of sp³-hybridized carbons (Fsp3) is 0.316. The molecule has 0 aliphatic carbocycles. The van der Waals surface area contributed by atoms with E-state index in [4.69, 9.17) is 21.1 Å². The molecular formula is C19H22ClNO2. The fourth-order valence-electron chi connectivity index (χ4n) is 2.05. The summed E-state index contributed by atoms with van der Waals surface area (Å²) in [6.07, 6.45) is 2.70. The first-order chi connectivity index (χ1) is 11.1. The molecule has 0 spiro atoms. The molecule has 0 unspecified atom stereocenters. The lowest BCUT2D eigenvalue weighted by molar-refractivity contribution is 0.277. The zero-order chi connectivity index (χ0) is 16.7. The van der Waals surface area contributed by atoms with Gasteiger partial charge in [-0.05, 0) is 50.1 Å². The smallest absolute Gasteiger partial charge is 0.179 e. The maximum absolute atomic E-state index is 6.34. The van der Waals surface area contributed by atoms with E-state index in [0.717, 1.165) is 17.7 Å². The Morgan fingerprint density at radius 2 is 1.83 bits per heavy atom. The molecule has 0 saturated heterocycles. The number of hydrogen-bond donors (Lipinski definition) is 0. The maximum Gasteiger partial charge on any atom is 0.179 e. The molecular weight excluding hydrogens is 310 g/mol. The third-order valence-electron chi connectivity index (χ3n) is 3.18. The van der Waals surface area contributed by atoms with Gasteiger partial charge in [-0.2, -0.15) is 0 Å². The molecule has 2 aromatic rings. The van der Waals surface area contributed by atoms with Gasteiger partial charge >= 0.3 is 0 Å². The first-order valence-electron chi connectivity index (χ1n) is 7.84. The number of hydrogen-bond acceptors (Lipinski definition) is 3. The van der Waals surface area contributed by atoms with E-state index in [1.165, 1.54) is 5.56 Å². The summed E-state index contributed by atoms with van der Waals surface area (Å²) >= 11 is 6.34. The second-order valence-corrected chi connectivity index (χ2v) is 5.61. The minimum Gasteiger partial charge on any atom is -0.490 e. The summed E-state index contributed by atoms with van der Waals surface area (Å²) in [5.41, 5.74) is 2.99. The highest BCUT2D eigenvalue weighted by Crippen LogP contribution is 2.36. The quantitative estimate of drug-likeness (QED) is 0.619. The highest BCUT2D eigenvalue weighted by Gasteiger charge is 2.11. The largest absolute Gasteiger partial charge is 0.490 e. The third-order valence-corrected chi connectivity index (χ3v) is 3.46. The molecule has 4 heteroatoms. The van der Waals surface area contributed by atoms with Gasteiger partial charge in [0.15, 0.2) is 11.5 Å². The molecule has 2 rings (SSSR count). The fourth-order valence-corrected chi connectivity index (χ4v) is 2.32. The van der Waals surface area contributed by atoms with E-state index in [9.17, 15) is 0 Å². The Morgan fingerprint density at radius 1 is 1.09 bits per heavy atom. The molecule has 0 fully saturated rings.